The number of alkyl halides is 3. The van der Waals surface area contributed by atoms with Crippen LogP contribution < -0.4 is 10.6 Å². The van der Waals surface area contributed by atoms with Gasteiger partial charge in [0.25, 0.3) is 0 Å². The quantitative estimate of drug-likeness (QED) is 0.887. The minimum absolute atomic E-state index is 0.395. The SMILES string of the molecule is CC(CC(F)(F)F)NC(=O)C1Cc2ccccc2N1. The first-order chi connectivity index (χ1) is 8.85. The summed E-state index contributed by atoms with van der Waals surface area (Å²) in [5.74, 6) is -0.395. The van der Waals surface area contributed by atoms with Crippen molar-refractivity contribution in [1.82, 2.24) is 5.32 Å². The minimum atomic E-state index is -4.27. The molecule has 0 aromatic heterocycles. The van der Waals surface area contributed by atoms with E-state index < -0.39 is 30.6 Å². The molecule has 3 nitrogen and oxygen atoms in total. The van der Waals surface area contributed by atoms with E-state index in [0.717, 1.165) is 11.3 Å². The van der Waals surface area contributed by atoms with Crippen LogP contribution in [-0.4, -0.2) is 24.2 Å². The molecule has 1 aromatic rings. The molecule has 6 heteroatoms. The van der Waals surface area contributed by atoms with Gasteiger partial charge < -0.3 is 10.6 Å². The molecule has 2 unspecified atom stereocenters. The number of halogens is 3. The Kier molecular flexibility index (Phi) is 3.68. The van der Waals surface area contributed by atoms with Gasteiger partial charge in [-0.15, -0.1) is 0 Å². The van der Waals surface area contributed by atoms with Crippen LogP contribution in [0.15, 0.2) is 24.3 Å². The molecule has 0 fully saturated rings. The van der Waals surface area contributed by atoms with Crippen LogP contribution in [0.5, 0.6) is 0 Å². The number of rotatable bonds is 3. The van der Waals surface area contributed by atoms with E-state index in [1.54, 1.807) is 0 Å². The van der Waals surface area contributed by atoms with Crippen molar-refractivity contribution in [3.05, 3.63) is 29.8 Å². The second kappa shape index (κ2) is 5.11. The molecule has 1 heterocycles. The highest BCUT2D eigenvalue weighted by Gasteiger charge is 2.32. The van der Waals surface area contributed by atoms with Gasteiger partial charge in [-0.05, 0) is 18.6 Å². The second-order valence-electron chi connectivity index (χ2n) is 4.79. The van der Waals surface area contributed by atoms with Crippen LogP contribution in [0.2, 0.25) is 0 Å². The lowest BCUT2D eigenvalue weighted by atomic mass is 10.1. The monoisotopic (exact) mass is 272 g/mol. The molecular formula is C13H15F3N2O. The highest BCUT2D eigenvalue weighted by Crippen LogP contribution is 2.26. The molecule has 0 spiro atoms. The molecule has 1 amide bonds. The van der Waals surface area contributed by atoms with Crippen LogP contribution in [0.4, 0.5) is 18.9 Å². The first-order valence-corrected chi connectivity index (χ1v) is 6.07. The third kappa shape index (κ3) is 3.62. The Hall–Kier alpha value is -1.72. The van der Waals surface area contributed by atoms with Crippen molar-refractivity contribution in [2.75, 3.05) is 5.32 Å². The van der Waals surface area contributed by atoms with E-state index in [1.807, 2.05) is 24.3 Å². The second-order valence-corrected chi connectivity index (χ2v) is 4.79. The summed E-state index contributed by atoms with van der Waals surface area (Å²) in [7, 11) is 0. The van der Waals surface area contributed by atoms with Gasteiger partial charge in [0, 0.05) is 18.2 Å². The zero-order valence-corrected chi connectivity index (χ0v) is 10.4. The topological polar surface area (TPSA) is 41.1 Å². The van der Waals surface area contributed by atoms with Crippen molar-refractivity contribution in [3.8, 4) is 0 Å². The summed E-state index contributed by atoms with van der Waals surface area (Å²) in [6.07, 6.45) is -4.78. The fraction of sp³-hybridized carbons (Fsp3) is 0.462. The fourth-order valence-electron chi connectivity index (χ4n) is 2.20. The number of amides is 1. The van der Waals surface area contributed by atoms with E-state index >= 15 is 0 Å². The third-order valence-corrected chi connectivity index (χ3v) is 3.01. The van der Waals surface area contributed by atoms with Crippen LogP contribution >= 0.6 is 0 Å². The van der Waals surface area contributed by atoms with Gasteiger partial charge in [-0.2, -0.15) is 13.2 Å². The van der Waals surface area contributed by atoms with Crippen molar-refractivity contribution < 1.29 is 18.0 Å². The maximum Gasteiger partial charge on any atom is 0.391 e. The molecule has 104 valence electrons. The van der Waals surface area contributed by atoms with Crippen molar-refractivity contribution in [3.63, 3.8) is 0 Å². The molecule has 0 bridgehead atoms. The average molecular weight is 272 g/mol. The predicted octanol–water partition coefficient (Wildman–Crippen LogP) is 2.48. The van der Waals surface area contributed by atoms with Crippen LogP contribution in [0.1, 0.15) is 18.9 Å². The van der Waals surface area contributed by atoms with Gasteiger partial charge in [-0.1, -0.05) is 18.2 Å². The molecule has 1 aromatic carbocycles. The molecule has 2 N–H and O–H groups in total. The van der Waals surface area contributed by atoms with Crippen molar-refractivity contribution >= 4 is 11.6 Å². The molecule has 2 atom stereocenters. The van der Waals surface area contributed by atoms with Crippen molar-refractivity contribution in [1.29, 1.82) is 0 Å². The summed E-state index contributed by atoms with van der Waals surface area (Å²) in [6, 6.07) is 6.05. The molecule has 1 aliphatic heterocycles. The largest absolute Gasteiger partial charge is 0.391 e. The highest BCUT2D eigenvalue weighted by atomic mass is 19.4. The number of carbonyl (C=O) groups excluding carboxylic acids is 1. The number of carbonyl (C=O) groups is 1. The maximum atomic E-state index is 12.2. The first-order valence-electron chi connectivity index (χ1n) is 6.07. The summed E-state index contributed by atoms with van der Waals surface area (Å²) in [6.45, 7) is 1.35. The number of para-hydroxylation sites is 1. The van der Waals surface area contributed by atoms with E-state index in [0.29, 0.717) is 6.42 Å². The van der Waals surface area contributed by atoms with E-state index in [2.05, 4.69) is 10.6 Å². The Morgan fingerprint density at radius 2 is 2.16 bits per heavy atom. The summed E-state index contributed by atoms with van der Waals surface area (Å²) in [4.78, 5) is 11.9. The number of benzene rings is 1. The number of nitrogens with one attached hydrogen (secondary N) is 2. The Labute approximate surface area is 109 Å². The van der Waals surface area contributed by atoms with Gasteiger partial charge in [0.1, 0.15) is 6.04 Å². The Bertz CT molecular complexity index is 448. The molecule has 2 rings (SSSR count). The molecule has 19 heavy (non-hydrogen) atoms. The normalized spacial score (nSPS) is 19.5. The van der Waals surface area contributed by atoms with Crippen LogP contribution in [0, 0.1) is 0 Å². The molecule has 0 saturated heterocycles. The Morgan fingerprint density at radius 3 is 2.79 bits per heavy atom. The highest BCUT2D eigenvalue weighted by molar-refractivity contribution is 5.87. The van der Waals surface area contributed by atoms with Gasteiger partial charge in [0.15, 0.2) is 0 Å². The van der Waals surface area contributed by atoms with Crippen molar-refractivity contribution in [2.45, 2.75) is 38.0 Å². The lowest BCUT2D eigenvalue weighted by Gasteiger charge is -2.18. The van der Waals surface area contributed by atoms with E-state index in [9.17, 15) is 18.0 Å². The number of hydrogen-bond donors (Lipinski definition) is 2. The van der Waals surface area contributed by atoms with E-state index in [-0.39, 0.29) is 0 Å². The van der Waals surface area contributed by atoms with Gasteiger partial charge in [0.05, 0.1) is 6.42 Å². The van der Waals surface area contributed by atoms with E-state index in [1.165, 1.54) is 6.92 Å². The maximum absolute atomic E-state index is 12.2. The molecule has 0 radical (unpaired) electrons. The van der Waals surface area contributed by atoms with Gasteiger partial charge in [-0.25, -0.2) is 0 Å². The Morgan fingerprint density at radius 1 is 1.47 bits per heavy atom. The fourth-order valence-corrected chi connectivity index (χ4v) is 2.20. The Balaban J connectivity index is 1.89. The summed E-state index contributed by atoms with van der Waals surface area (Å²) in [5.41, 5.74) is 1.87. The smallest absolute Gasteiger partial charge is 0.373 e. The lowest BCUT2D eigenvalue weighted by Crippen LogP contribution is -2.44. The lowest BCUT2D eigenvalue weighted by molar-refractivity contribution is -0.141. The summed E-state index contributed by atoms with van der Waals surface area (Å²) < 4.78 is 36.5. The zero-order chi connectivity index (χ0) is 14.0. The number of hydrogen-bond acceptors (Lipinski definition) is 2. The number of fused-ring (bicyclic) bond motifs is 1. The van der Waals surface area contributed by atoms with Crippen LogP contribution in [0.3, 0.4) is 0 Å². The molecule has 1 aliphatic rings. The first kappa shape index (κ1) is 13.7. The molecule has 0 aliphatic carbocycles. The summed E-state index contributed by atoms with van der Waals surface area (Å²) >= 11 is 0. The standard InChI is InChI=1S/C13H15F3N2O/c1-8(7-13(14,15)16)17-12(19)11-6-9-4-2-3-5-10(9)18-11/h2-5,8,11,18H,6-7H2,1H3,(H,17,19). The molecular weight excluding hydrogens is 257 g/mol. The molecule has 0 saturated carbocycles. The van der Waals surface area contributed by atoms with E-state index in [4.69, 9.17) is 0 Å². The minimum Gasteiger partial charge on any atom is -0.373 e. The predicted molar refractivity (Wildman–Crippen MR) is 65.8 cm³/mol. The van der Waals surface area contributed by atoms with Crippen molar-refractivity contribution in [2.24, 2.45) is 0 Å². The number of anilines is 1. The van der Waals surface area contributed by atoms with Gasteiger partial charge in [0.2, 0.25) is 5.91 Å². The zero-order valence-electron chi connectivity index (χ0n) is 10.4. The van der Waals surface area contributed by atoms with Gasteiger partial charge in [-0.3, -0.25) is 4.79 Å². The van der Waals surface area contributed by atoms with Crippen LogP contribution in [0.25, 0.3) is 0 Å². The van der Waals surface area contributed by atoms with Gasteiger partial charge >= 0.3 is 6.18 Å². The average Bonchev–Trinajstić information content (AvgIpc) is 2.69. The van der Waals surface area contributed by atoms with Crippen LogP contribution in [-0.2, 0) is 11.2 Å². The summed E-state index contributed by atoms with van der Waals surface area (Å²) in [5, 5.41) is 5.40. The third-order valence-electron chi connectivity index (χ3n) is 3.01.